The van der Waals surface area contributed by atoms with Crippen LogP contribution >= 0.6 is 11.8 Å². The number of para-hydroxylation sites is 2. The number of nitrogens with one attached hydrogen (secondary N) is 1. The van der Waals surface area contributed by atoms with E-state index in [9.17, 15) is 9.59 Å². The largest absolute Gasteiger partial charge is 0.454 e. The molecular weight excluding hydrogens is 440 g/mol. The number of imidazole rings is 1. The summed E-state index contributed by atoms with van der Waals surface area (Å²) in [5.74, 6) is 1.62. The van der Waals surface area contributed by atoms with Gasteiger partial charge in [0.1, 0.15) is 0 Å². The van der Waals surface area contributed by atoms with Crippen molar-refractivity contribution in [2.24, 2.45) is 5.92 Å². The zero-order valence-corrected chi connectivity index (χ0v) is 19.3. The SMILES string of the molecule is CCn1c(SCC(=O)N2CCC(C(=O)Nc3ccc4c(c3)OCO4)CC2)nc2ccccc21. The summed E-state index contributed by atoms with van der Waals surface area (Å²) in [6, 6.07) is 13.4. The molecule has 5 rings (SSSR count). The Kier molecular flexibility index (Phi) is 6.13. The van der Waals surface area contributed by atoms with Gasteiger partial charge in [-0.3, -0.25) is 9.59 Å². The predicted octanol–water partition coefficient (Wildman–Crippen LogP) is 3.75. The van der Waals surface area contributed by atoms with Crippen LogP contribution in [-0.2, 0) is 16.1 Å². The van der Waals surface area contributed by atoms with Crippen LogP contribution in [0, 0.1) is 5.92 Å². The number of aryl methyl sites for hydroxylation is 1. The third-order valence-corrected chi connectivity index (χ3v) is 7.08. The van der Waals surface area contributed by atoms with Gasteiger partial charge in [-0.25, -0.2) is 4.98 Å². The van der Waals surface area contributed by atoms with Crippen LogP contribution < -0.4 is 14.8 Å². The van der Waals surface area contributed by atoms with Gasteiger partial charge in [-0.15, -0.1) is 0 Å². The van der Waals surface area contributed by atoms with Crippen molar-refractivity contribution in [1.82, 2.24) is 14.5 Å². The third-order valence-electron chi connectivity index (χ3n) is 6.12. The van der Waals surface area contributed by atoms with Crippen molar-refractivity contribution in [3.8, 4) is 11.5 Å². The molecule has 2 aliphatic heterocycles. The first-order valence-corrected chi connectivity index (χ1v) is 12.2. The second-order valence-electron chi connectivity index (χ2n) is 8.13. The van der Waals surface area contributed by atoms with E-state index in [1.807, 2.05) is 29.2 Å². The second-order valence-corrected chi connectivity index (χ2v) is 9.07. The van der Waals surface area contributed by atoms with Crippen LogP contribution in [0.2, 0.25) is 0 Å². The molecule has 0 bridgehead atoms. The molecule has 0 atom stereocenters. The van der Waals surface area contributed by atoms with Gasteiger partial charge in [0.25, 0.3) is 0 Å². The first-order chi connectivity index (χ1) is 16.1. The Morgan fingerprint density at radius 3 is 2.73 bits per heavy atom. The Balaban J connectivity index is 1.13. The minimum atomic E-state index is -0.114. The number of fused-ring (bicyclic) bond motifs is 2. The molecule has 1 aromatic heterocycles. The molecule has 1 N–H and O–H groups in total. The highest BCUT2D eigenvalue weighted by Gasteiger charge is 2.28. The summed E-state index contributed by atoms with van der Waals surface area (Å²) in [7, 11) is 0. The number of benzene rings is 2. The quantitative estimate of drug-likeness (QED) is 0.557. The van der Waals surface area contributed by atoms with Gasteiger partial charge in [0, 0.05) is 37.3 Å². The molecule has 0 aliphatic carbocycles. The lowest BCUT2D eigenvalue weighted by atomic mass is 9.96. The van der Waals surface area contributed by atoms with Crippen molar-refractivity contribution < 1.29 is 19.1 Å². The molecular formula is C24H26N4O4S. The predicted molar refractivity (Wildman–Crippen MR) is 127 cm³/mol. The van der Waals surface area contributed by atoms with Gasteiger partial charge in [-0.1, -0.05) is 23.9 Å². The summed E-state index contributed by atoms with van der Waals surface area (Å²) in [5.41, 5.74) is 2.73. The van der Waals surface area contributed by atoms with Gasteiger partial charge >= 0.3 is 0 Å². The van der Waals surface area contributed by atoms with E-state index in [4.69, 9.17) is 9.47 Å². The fourth-order valence-corrected chi connectivity index (χ4v) is 5.28. The topological polar surface area (TPSA) is 85.7 Å². The van der Waals surface area contributed by atoms with Crippen LogP contribution in [-0.4, -0.2) is 51.9 Å². The number of likely N-dealkylation sites (tertiary alicyclic amines) is 1. The first-order valence-electron chi connectivity index (χ1n) is 11.2. The Bertz CT molecular complexity index is 1190. The fraction of sp³-hybridized carbons (Fsp3) is 0.375. The molecule has 0 radical (unpaired) electrons. The number of hydrogen-bond acceptors (Lipinski definition) is 6. The van der Waals surface area contributed by atoms with E-state index in [1.54, 1.807) is 12.1 Å². The molecule has 3 heterocycles. The molecule has 9 heteroatoms. The summed E-state index contributed by atoms with van der Waals surface area (Å²) < 4.78 is 12.8. The number of hydrogen-bond donors (Lipinski definition) is 1. The molecule has 3 aromatic rings. The lowest BCUT2D eigenvalue weighted by Gasteiger charge is -2.31. The number of nitrogens with zero attached hydrogens (tertiary/aromatic N) is 3. The molecule has 33 heavy (non-hydrogen) atoms. The highest BCUT2D eigenvalue weighted by molar-refractivity contribution is 7.99. The number of ether oxygens (including phenoxy) is 2. The van der Waals surface area contributed by atoms with Gasteiger partial charge in [0.15, 0.2) is 16.7 Å². The molecule has 0 unspecified atom stereocenters. The summed E-state index contributed by atoms with van der Waals surface area (Å²) in [4.78, 5) is 32.1. The molecule has 1 fully saturated rings. The minimum absolute atomic E-state index is 0.0213. The van der Waals surface area contributed by atoms with E-state index >= 15 is 0 Å². The van der Waals surface area contributed by atoms with E-state index in [0.29, 0.717) is 48.9 Å². The highest BCUT2D eigenvalue weighted by atomic mass is 32.2. The summed E-state index contributed by atoms with van der Waals surface area (Å²) in [6.45, 7) is 4.26. The van der Waals surface area contributed by atoms with Crippen LogP contribution in [0.1, 0.15) is 19.8 Å². The van der Waals surface area contributed by atoms with Gasteiger partial charge in [0.05, 0.1) is 16.8 Å². The monoisotopic (exact) mass is 466 g/mol. The van der Waals surface area contributed by atoms with E-state index < -0.39 is 0 Å². The molecule has 0 spiro atoms. The zero-order chi connectivity index (χ0) is 22.8. The van der Waals surface area contributed by atoms with Crippen molar-refractivity contribution in [1.29, 1.82) is 0 Å². The van der Waals surface area contributed by atoms with Crippen molar-refractivity contribution in [3.63, 3.8) is 0 Å². The standard InChI is InChI=1S/C24H26N4O4S/c1-2-28-19-6-4-3-5-18(19)26-24(28)33-14-22(29)27-11-9-16(10-12-27)23(30)25-17-7-8-20-21(13-17)32-15-31-20/h3-8,13,16H,2,9-12,14-15H2,1H3,(H,25,30). The van der Waals surface area contributed by atoms with Crippen LogP contribution in [0.5, 0.6) is 11.5 Å². The minimum Gasteiger partial charge on any atom is -0.454 e. The van der Waals surface area contributed by atoms with Crippen molar-refractivity contribution >= 4 is 40.3 Å². The zero-order valence-electron chi connectivity index (χ0n) is 18.5. The molecule has 2 amide bonds. The number of carbonyl (C=O) groups excluding carboxylic acids is 2. The Labute approximate surface area is 196 Å². The number of piperidine rings is 1. The van der Waals surface area contributed by atoms with Crippen LogP contribution in [0.3, 0.4) is 0 Å². The number of thioether (sulfide) groups is 1. The molecule has 1 saturated heterocycles. The number of rotatable bonds is 6. The molecule has 8 nitrogen and oxygen atoms in total. The normalized spacial score (nSPS) is 15.7. The van der Waals surface area contributed by atoms with Crippen LogP contribution in [0.15, 0.2) is 47.6 Å². The summed E-state index contributed by atoms with van der Waals surface area (Å²) in [5, 5.41) is 3.83. The Hall–Kier alpha value is -3.20. The summed E-state index contributed by atoms with van der Waals surface area (Å²) in [6.07, 6.45) is 1.31. The molecule has 172 valence electrons. The average molecular weight is 467 g/mol. The lowest BCUT2D eigenvalue weighted by molar-refractivity contribution is -0.132. The lowest BCUT2D eigenvalue weighted by Crippen LogP contribution is -2.42. The number of amides is 2. The first kappa shape index (κ1) is 21.6. The van der Waals surface area contributed by atoms with Gasteiger partial charge in [0.2, 0.25) is 18.6 Å². The van der Waals surface area contributed by atoms with Gasteiger partial charge in [-0.2, -0.15) is 0 Å². The van der Waals surface area contributed by atoms with E-state index in [0.717, 1.165) is 22.7 Å². The number of aromatic nitrogens is 2. The van der Waals surface area contributed by atoms with E-state index in [2.05, 4.69) is 27.9 Å². The van der Waals surface area contributed by atoms with Crippen molar-refractivity contribution in [2.75, 3.05) is 31.0 Å². The van der Waals surface area contributed by atoms with Crippen LogP contribution in [0.4, 0.5) is 5.69 Å². The van der Waals surface area contributed by atoms with Crippen LogP contribution in [0.25, 0.3) is 11.0 Å². The van der Waals surface area contributed by atoms with Gasteiger partial charge in [-0.05, 0) is 44.0 Å². The third kappa shape index (κ3) is 4.50. The molecule has 0 saturated carbocycles. The maximum atomic E-state index is 12.8. The smallest absolute Gasteiger partial charge is 0.233 e. The maximum absolute atomic E-state index is 12.8. The number of anilines is 1. The number of carbonyl (C=O) groups is 2. The van der Waals surface area contributed by atoms with E-state index in [-0.39, 0.29) is 24.5 Å². The maximum Gasteiger partial charge on any atom is 0.233 e. The fourth-order valence-electron chi connectivity index (χ4n) is 4.30. The Morgan fingerprint density at radius 2 is 1.91 bits per heavy atom. The van der Waals surface area contributed by atoms with Gasteiger partial charge < -0.3 is 24.3 Å². The van der Waals surface area contributed by atoms with E-state index in [1.165, 1.54) is 11.8 Å². The molecule has 2 aliphatic rings. The second kappa shape index (κ2) is 9.35. The molecule has 2 aromatic carbocycles. The average Bonchev–Trinajstić information content (AvgIpc) is 3.46. The summed E-state index contributed by atoms with van der Waals surface area (Å²) >= 11 is 1.48. The highest BCUT2D eigenvalue weighted by Crippen LogP contribution is 2.34. The Morgan fingerprint density at radius 1 is 1.12 bits per heavy atom. The van der Waals surface area contributed by atoms with Crippen molar-refractivity contribution in [3.05, 3.63) is 42.5 Å². The van der Waals surface area contributed by atoms with Crippen molar-refractivity contribution in [2.45, 2.75) is 31.5 Å².